The highest BCUT2D eigenvalue weighted by atomic mass is 31.2. The molecule has 0 saturated carbocycles. The molecule has 0 bridgehead atoms. The SMILES string of the molecule is CN(C)CCCCN1CCN(C)/C1=N/P(=O)(OC(C)(C)C)OC(C)(C)C. The molecule has 0 aromatic carbocycles. The van der Waals surface area contributed by atoms with E-state index < -0.39 is 18.9 Å². The Morgan fingerprint density at radius 3 is 2.04 bits per heavy atom. The molecule has 1 aliphatic heterocycles. The lowest BCUT2D eigenvalue weighted by molar-refractivity contribution is 0.0493. The fourth-order valence-electron chi connectivity index (χ4n) is 2.66. The molecule has 154 valence electrons. The second-order valence-electron chi connectivity index (χ2n) is 9.19. The molecular formula is C18H39N4O3P. The lowest BCUT2D eigenvalue weighted by Gasteiger charge is -2.30. The largest absolute Gasteiger partial charge is 0.458 e. The number of nitrogens with zero attached hydrogens (tertiary/aromatic N) is 4. The quantitative estimate of drug-likeness (QED) is 0.466. The van der Waals surface area contributed by atoms with Crippen molar-refractivity contribution < 1.29 is 13.6 Å². The Morgan fingerprint density at radius 2 is 1.58 bits per heavy atom. The summed E-state index contributed by atoms with van der Waals surface area (Å²) in [5.41, 5.74) is -1.23. The highest BCUT2D eigenvalue weighted by Gasteiger charge is 2.38. The monoisotopic (exact) mass is 390 g/mol. The van der Waals surface area contributed by atoms with E-state index >= 15 is 0 Å². The van der Waals surface area contributed by atoms with E-state index in [2.05, 4.69) is 28.7 Å². The first kappa shape index (κ1) is 23.4. The average Bonchev–Trinajstić information content (AvgIpc) is 2.71. The summed E-state index contributed by atoms with van der Waals surface area (Å²) in [4.78, 5) is 6.39. The third-order valence-corrected chi connectivity index (χ3v) is 5.58. The molecule has 1 rings (SSSR count). The van der Waals surface area contributed by atoms with Gasteiger partial charge in [0.05, 0.1) is 11.2 Å². The van der Waals surface area contributed by atoms with Crippen LogP contribution in [0.25, 0.3) is 0 Å². The molecule has 26 heavy (non-hydrogen) atoms. The van der Waals surface area contributed by atoms with E-state index in [1.165, 1.54) is 0 Å². The first-order chi connectivity index (χ1) is 11.7. The smallest absolute Gasteiger partial charge is 0.344 e. The molecule has 8 heteroatoms. The predicted octanol–water partition coefficient (Wildman–Crippen LogP) is 3.67. The van der Waals surface area contributed by atoms with Crippen LogP contribution in [0.5, 0.6) is 0 Å². The number of hydrogen-bond donors (Lipinski definition) is 0. The maximum Gasteiger partial charge on any atom is 0.458 e. The van der Waals surface area contributed by atoms with Crippen LogP contribution in [0.3, 0.4) is 0 Å². The van der Waals surface area contributed by atoms with E-state index in [-0.39, 0.29) is 0 Å². The minimum Gasteiger partial charge on any atom is -0.344 e. The zero-order chi connectivity index (χ0) is 20.2. The van der Waals surface area contributed by atoms with Crippen LogP contribution in [0.2, 0.25) is 0 Å². The molecule has 0 amide bonds. The number of likely N-dealkylation sites (N-methyl/N-ethyl adjacent to an activating group) is 1. The molecule has 1 aliphatic rings. The maximum atomic E-state index is 13.4. The molecule has 7 nitrogen and oxygen atoms in total. The molecule has 1 fully saturated rings. The Bertz CT molecular complexity index is 504. The van der Waals surface area contributed by atoms with Gasteiger partial charge < -0.3 is 14.7 Å². The first-order valence-corrected chi connectivity index (χ1v) is 10.9. The van der Waals surface area contributed by atoms with Crippen molar-refractivity contribution in [1.82, 2.24) is 14.7 Å². The minimum absolute atomic E-state index is 0.613. The van der Waals surface area contributed by atoms with E-state index in [0.717, 1.165) is 39.0 Å². The van der Waals surface area contributed by atoms with Gasteiger partial charge in [-0.3, -0.25) is 9.05 Å². The van der Waals surface area contributed by atoms with Crippen LogP contribution in [0.1, 0.15) is 54.4 Å². The standard InChI is InChI=1S/C18H39N4O3P/c1-17(2,3)24-26(23,25-18(4,5)6)19-16-21(9)14-15-22(16)13-11-10-12-20(7)8/h10-15H2,1-9H3/b19-16-. The summed E-state index contributed by atoms with van der Waals surface area (Å²) in [5.74, 6) is 0.701. The predicted molar refractivity (Wildman–Crippen MR) is 109 cm³/mol. The Balaban J connectivity index is 2.96. The van der Waals surface area contributed by atoms with E-state index in [0.29, 0.717) is 5.96 Å². The van der Waals surface area contributed by atoms with Gasteiger partial charge in [-0.15, -0.1) is 4.76 Å². The topological polar surface area (TPSA) is 57.6 Å². The van der Waals surface area contributed by atoms with Crippen molar-refractivity contribution in [3.8, 4) is 0 Å². The van der Waals surface area contributed by atoms with Crippen molar-refractivity contribution in [3.63, 3.8) is 0 Å². The van der Waals surface area contributed by atoms with Crippen molar-refractivity contribution in [2.75, 3.05) is 47.3 Å². The molecule has 0 aliphatic carbocycles. The van der Waals surface area contributed by atoms with Crippen LogP contribution in [-0.2, 0) is 13.6 Å². The van der Waals surface area contributed by atoms with Crippen molar-refractivity contribution in [1.29, 1.82) is 0 Å². The van der Waals surface area contributed by atoms with E-state index in [4.69, 9.17) is 9.05 Å². The van der Waals surface area contributed by atoms with Gasteiger partial charge in [0.1, 0.15) is 0 Å². The molecule has 0 spiro atoms. The zero-order valence-corrected chi connectivity index (χ0v) is 19.1. The molecule has 0 aromatic heterocycles. The molecule has 0 atom stereocenters. The average molecular weight is 391 g/mol. The van der Waals surface area contributed by atoms with E-state index in [9.17, 15) is 4.57 Å². The third-order valence-electron chi connectivity index (χ3n) is 3.60. The fraction of sp³-hybridized carbons (Fsp3) is 0.944. The van der Waals surface area contributed by atoms with Crippen molar-refractivity contribution in [2.24, 2.45) is 4.76 Å². The Labute approximate surface area is 160 Å². The van der Waals surface area contributed by atoms with Crippen LogP contribution in [0.4, 0.5) is 0 Å². The first-order valence-electron chi connectivity index (χ1n) is 9.43. The maximum absolute atomic E-state index is 13.4. The van der Waals surface area contributed by atoms with Crippen LogP contribution >= 0.6 is 7.75 Å². The lowest BCUT2D eigenvalue weighted by atomic mass is 10.2. The van der Waals surface area contributed by atoms with Gasteiger partial charge in [-0.05, 0) is 75.0 Å². The Hall–Kier alpha value is -0.620. The highest BCUT2D eigenvalue weighted by molar-refractivity contribution is 7.52. The van der Waals surface area contributed by atoms with E-state index in [1.54, 1.807) is 0 Å². The highest BCUT2D eigenvalue weighted by Crippen LogP contribution is 2.56. The van der Waals surface area contributed by atoms with Gasteiger partial charge in [0.15, 0.2) is 0 Å². The van der Waals surface area contributed by atoms with Crippen LogP contribution in [0.15, 0.2) is 4.76 Å². The van der Waals surface area contributed by atoms with Crippen molar-refractivity contribution in [3.05, 3.63) is 0 Å². The summed E-state index contributed by atoms with van der Waals surface area (Å²) in [7, 11) is 2.49. The zero-order valence-electron chi connectivity index (χ0n) is 18.2. The Kier molecular flexibility index (Phi) is 8.15. The molecule has 1 saturated heterocycles. The fourth-order valence-corrected chi connectivity index (χ4v) is 4.66. The summed E-state index contributed by atoms with van der Waals surface area (Å²) in [5, 5.41) is 0. The van der Waals surface area contributed by atoms with Crippen LogP contribution in [0, 0.1) is 0 Å². The van der Waals surface area contributed by atoms with Crippen molar-refractivity contribution in [2.45, 2.75) is 65.6 Å². The molecule has 1 heterocycles. The van der Waals surface area contributed by atoms with Gasteiger partial charge >= 0.3 is 7.75 Å². The second-order valence-corrected chi connectivity index (χ2v) is 10.7. The lowest BCUT2D eigenvalue weighted by Crippen LogP contribution is -2.33. The van der Waals surface area contributed by atoms with Gasteiger partial charge in [0, 0.05) is 26.7 Å². The summed E-state index contributed by atoms with van der Waals surface area (Å²) >= 11 is 0. The molecular weight excluding hydrogens is 351 g/mol. The second kappa shape index (κ2) is 9.05. The molecule has 0 radical (unpaired) electrons. The van der Waals surface area contributed by atoms with Crippen molar-refractivity contribution >= 4 is 13.7 Å². The third kappa shape index (κ3) is 8.85. The van der Waals surface area contributed by atoms with Crippen LogP contribution in [-0.4, -0.2) is 79.2 Å². The number of hydrogen-bond acceptors (Lipinski definition) is 4. The summed E-state index contributed by atoms with van der Waals surface area (Å²) < 4.78 is 29.5. The van der Waals surface area contributed by atoms with Crippen LogP contribution < -0.4 is 0 Å². The van der Waals surface area contributed by atoms with Gasteiger partial charge in [0.25, 0.3) is 0 Å². The number of unbranched alkanes of at least 4 members (excludes halogenated alkanes) is 1. The van der Waals surface area contributed by atoms with Gasteiger partial charge in [-0.1, -0.05) is 0 Å². The summed E-state index contributed by atoms with van der Waals surface area (Å²) in [6.45, 7) is 14.9. The number of guanidine groups is 1. The molecule has 0 N–H and O–H groups in total. The molecule has 0 aromatic rings. The van der Waals surface area contributed by atoms with Gasteiger partial charge in [0.2, 0.25) is 5.96 Å². The normalized spacial score (nSPS) is 18.5. The van der Waals surface area contributed by atoms with E-state index in [1.807, 2.05) is 53.5 Å². The minimum atomic E-state index is -3.64. The Morgan fingerprint density at radius 1 is 1.04 bits per heavy atom. The summed E-state index contributed by atoms with van der Waals surface area (Å²) in [6, 6.07) is 0. The molecule has 0 unspecified atom stereocenters. The van der Waals surface area contributed by atoms with Gasteiger partial charge in [-0.25, -0.2) is 4.57 Å². The summed E-state index contributed by atoms with van der Waals surface area (Å²) in [6.07, 6.45) is 2.19. The number of rotatable bonds is 8. The van der Waals surface area contributed by atoms with Gasteiger partial charge in [-0.2, -0.15) is 0 Å².